The lowest BCUT2D eigenvalue weighted by Gasteiger charge is -2.31. The SMILES string of the molecule is CC(C)(C)OC(=O)N1CCc2ccc(S(=O)(=O)Cl)cc2C1. The van der Waals surface area contributed by atoms with E-state index in [9.17, 15) is 13.2 Å². The summed E-state index contributed by atoms with van der Waals surface area (Å²) < 4.78 is 28.1. The fraction of sp³-hybridized carbons (Fsp3) is 0.500. The Labute approximate surface area is 129 Å². The van der Waals surface area contributed by atoms with Gasteiger partial charge in [-0.2, -0.15) is 0 Å². The van der Waals surface area contributed by atoms with E-state index in [0.29, 0.717) is 19.5 Å². The van der Waals surface area contributed by atoms with Crippen LogP contribution in [0.3, 0.4) is 0 Å². The van der Waals surface area contributed by atoms with Gasteiger partial charge in [-0.1, -0.05) is 6.07 Å². The number of ether oxygens (including phenoxy) is 1. The summed E-state index contributed by atoms with van der Waals surface area (Å²) >= 11 is 0. The lowest BCUT2D eigenvalue weighted by Crippen LogP contribution is -2.39. The van der Waals surface area contributed by atoms with Crippen molar-refractivity contribution in [2.45, 2.75) is 44.2 Å². The minimum atomic E-state index is -3.77. The zero-order valence-corrected chi connectivity index (χ0v) is 13.8. The molecule has 0 aromatic heterocycles. The predicted octanol–water partition coefficient (Wildman–Crippen LogP) is 2.91. The molecule has 0 N–H and O–H groups in total. The number of benzene rings is 1. The van der Waals surface area contributed by atoms with Gasteiger partial charge in [0.2, 0.25) is 0 Å². The second-order valence-corrected chi connectivity index (χ2v) is 8.59. The highest BCUT2D eigenvalue weighted by Gasteiger charge is 2.26. The van der Waals surface area contributed by atoms with Crippen molar-refractivity contribution >= 4 is 25.8 Å². The molecule has 7 heteroatoms. The molecule has 2 rings (SSSR count). The minimum absolute atomic E-state index is 0.0500. The molecule has 0 aliphatic carbocycles. The summed E-state index contributed by atoms with van der Waals surface area (Å²) in [5, 5.41) is 0. The Hall–Kier alpha value is -1.27. The number of amides is 1. The fourth-order valence-electron chi connectivity index (χ4n) is 2.17. The van der Waals surface area contributed by atoms with Gasteiger partial charge >= 0.3 is 6.09 Å². The Morgan fingerprint density at radius 3 is 2.52 bits per heavy atom. The molecule has 0 unspecified atom stereocenters. The van der Waals surface area contributed by atoms with E-state index in [1.54, 1.807) is 31.7 Å². The molecule has 1 aliphatic heterocycles. The van der Waals surface area contributed by atoms with Crippen molar-refractivity contribution in [3.05, 3.63) is 29.3 Å². The first-order valence-electron chi connectivity index (χ1n) is 6.61. The molecule has 0 saturated heterocycles. The number of carbonyl (C=O) groups is 1. The molecule has 1 aliphatic rings. The van der Waals surface area contributed by atoms with Crippen LogP contribution in [0, 0.1) is 0 Å². The fourth-order valence-corrected chi connectivity index (χ4v) is 2.97. The second kappa shape index (κ2) is 5.50. The lowest BCUT2D eigenvalue weighted by atomic mass is 10.0. The Morgan fingerprint density at radius 2 is 1.95 bits per heavy atom. The highest BCUT2D eigenvalue weighted by molar-refractivity contribution is 8.13. The Balaban J connectivity index is 2.21. The van der Waals surface area contributed by atoms with Crippen molar-refractivity contribution in [3.63, 3.8) is 0 Å². The predicted molar refractivity (Wildman–Crippen MR) is 79.8 cm³/mol. The lowest BCUT2D eigenvalue weighted by molar-refractivity contribution is 0.0224. The molecule has 0 saturated carbocycles. The van der Waals surface area contributed by atoms with E-state index in [1.165, 1.54) is 12.1 Å². The summed E-state index contributed by atoms with van der Waals surface area (Å²) in [5.74, 6) is 0. The Bertz CT molecular complexity index is 664. The smallest absolute Gasteiger partial charge is 0.410 e. The maximum atomic E-state index is 12.1. The number of halogens is 1. The van der Waals surface area contributed by atoms with E-state index in [1.807, 2.05) is 0 Å². The van der Waals surface area contributed by atoms with Crippen LogP contribution in [0.1, 0.15) is 31.9 Å². The van der Waals surface area contributed by atoms with Crippen molar-refractivity contribution in [1.29, 1.82) is 0 Å². The van der Waals surface area contributed by atoms with Gasteiger partial charge < -0.3 is 9.64 Å². The van der Waals surface area contributed by atoms with Crippen molar-refractivity contribution in [2.24, 2.45) is 0 Å². The van der Waals surface area contributed by atoms with Gasteiger partial charge in [-0.25, -0.2) is 13.2 Å². The van der Waals surface area contributed by atoms with Gasteiger partial charge in [-0.15, -0.1) is 0 Å². The number of hydrogen-bond acceptors (Lipinski definition) is 4. The minimum Gasteiger partial charge on any atom is -0.444 e. The molecule has 116 valence electrons. The third-order valence-electron chi connectivity index (χ3n) is 3.12. The van der Waals surface area contributed by atoms with Gasteiger partial charge in [-0.05, 0) is 50.5 Å². The van der Waals surface area contributed by atoms with E-state index in [-0.39, 0.29) is 4.90 Å². The van der Waals surface area contributed by atoms with Crippen LogP contribution in [0.25, 0.3) is 0 Å². The normalized spacial score (nSPS) is 15.5. The Morgan fingerprint density at radius 1 is 1.29 bits per heavy atom. The van der Waals surface area contributed by atoms with Gasteiger partial charge in [0.15, 0.2) is 0 Å². The van der Waals surface area contributed by atoms with E-state index in [4.69, 9.17) is 15.4 Å². The third-order valence-corrected chi connectivity index (χ3v) is 4.47. The van der Waals surface area contributed by atoms with Crippen molar-refractivity contribution < 1.29 is 17.9 Å². The molecule has 21 heavy (non-hydrogen) atoms. The van der Waals surface area contributed by atoms with Crippen LogP contribution in [0.5, 0.6) is 0 Å². The topological polar surface area (TPSA) is 63.7 Å². The molecule has 5 nitrogen and oxygen atoms in total. The first-order valence-corrected chi connectivity index (χ1v) is 8.91. The van der Waals surface area contributed by atoms with Crippen LogP contribution in [0.15, 0.2) is 23.1 Å². The molecular formula is C14H18ClNO4S. The largest absolute Gasteiger partial charge is 0.444 e. The molecule has 0 bridgehead atoms. The number of fused-ring (bicyclic) bond motifs is 1. The second-order valence-electron chi connectivity index (χ2n) is 6.02. The molecule has 1 aromatic carbocycles. The highest BCUT2D eigenvalue weighted by atomic mass is 35.7. The summed E-state index contributed by atoms with van der Waals surface area (Å²) in [7, 11) is 1.59. The zero-order chi connectivity index (χ0) is 15.8. The first kappa shape index (κ1) is 16.1. The monoisotopic (exact) mass is 331 g/mol. The van der Waals surface area contributed by atoms with E-state index < -0.39 is 20.7 Å². The maximum Gasteiger partial charge on any atom is 0.410 e. The van der Waals surface area contributed by atoms with Gasteiger partial charge in [0.1, 0.15) is 5.60 Å². The van der Waals surface area contributed by atoms with Crippen molar-refractivity contribution in [2.75, 3.05) is 6.54 Å². The van der Waals surface area contributed by atoms with Gasteiger partial charge in [0.05, 0.1) is 4.90 Å². The van der Waals surface area contributed by atoms with Crippen LogP contribution < -0.4 is 0 Å². The summed E-state index contributed by atoms with van der Waals surface area (Å²) in [5.41, 5.74) is 1.26. The van der Waals surface area contributed by atoms with Gasteiger partial charge in [0, 0.05) is 23.8 Å². The molecule has 0 atom stereocenters. The number of carbonyl (C=O) groups excluding carboxylic acids is 1. The quantitative estimate of drug-likeness (QED) is 0.742. The van der Waals surface area contributed by atoms with Gasteiger partial charge in [-0.3, -0.25) is 0 Å². The van der Waals surface area contributed by atoms with Crippen LogP contribution in [-0.4, -0.2) is 31.6 Å². The molecule has 1 amide bonds. The average molecular weight is 332 g/mol. The van der Waals surface area contributed by atoms with E-state index in [2.05, 4.69) is 0 Å². The number of rotatable bonds is 1. The molecular weight excluding hydrogens is 314 g/mol. The van der Waals surface area contributed by atoms with Crippen molar-refractivity contribution in [1.82, 2.24) is 4.90 Å². The van der Waals surface area contributed by atoms with E-state index in [0.717, 1.165) is 11.1 Å². The molecule has 1 heterocycles. The molecule has 0 radical (unpaired) electrons. The van der Waals surface area contributed by atoms with Crippen LogP contribution >= 0.6 is 10.7 Å². The molecule has 1 aromatic rings. The zero-order valence-electron chi connectivity index (χ0n) is 12.2. The molecule has 0 spiro atoms. The van der Waals surface area contributed by atoms with Crippen molar-refractivity contribution in [3.8, 4) is 0 Å². The highest BCUT2D eigenvalue weighted by Crippen LogP contribution is 2.25. The van der Waals surface area contributed by atoms with Crippen LogP contribution in [0.4, 0.5) is 4.79 Å². The number of hydrogen-bond donors (Lipinski definition) is 0. The van der Waals surface area contributed by atoms with Crippen LogP contribution in [-0.2, 0) is 26.8 Å². The standard InChI is InChI=1S/C14H18ClNO4S/c1-14(2,3)20-13(17)16-7-6-10-4-5-12(21(15,18)19)8-11(10)9-16/h4-5,8H,6-7,9H2,1-3H3. The first-order chi connectivity index (χ1) is 9.56. The van der Waals surface area contributed by atoms with E-state index >= 15 is 0 Å². The number of nitrogens with zero attached hydrogens (tertiary/aromatic N) is 1. The summed E-state index contributed by atoms with van der Waals surface area (Å²) in [4.78, 5) is 13.7. The Kier molecular flexibility index (Phi) is 4.22. The summed E-state index contributed by atoms with van der Waals surface area (Å²) in [6.07, 6.45) is 0.268. The third kappa shape index (κ3) is 4.11. The average Bonchev–Trinajstić information content (AvgIpc) is 2.34. The summed E-state index contributed by atoms with van der Waals surface area (Å²) in [6, 6.07) is 4.76. The maximum absolute atomic E-state index is 12.1. The van der Waals surface area contributed by atoms with Crippen LogP contribution in [0.2, 0.25) is 0 Å². The summed E-state index contributed by atoms with van der Waals surface area (Å²) in [6.45, 7) is 6.29. The molecule has 0 fully saturated rings. The van der Waals surface area contributed by atoms with Gasteiger partial charge in [0.25, 0.3) is 9.05 Å².